The van der Waals surface area contributed by atoms with Crippen LogP contribution in [0.25, 0.3) is 27.5 Å². The molecule has 0 aliphatic carbocycles. The van der Waals surface area contributed by atoms with Crippen LogP contribution in [0.2, 0.25) is 5.02 Å². The Labute approximate surface area is 215 Å². The minimum Gasteiger partial charge on any atom is -0.399 e. The number of benzene rings is 3. The summed E-state index contributed by atoms with van der Waals surface area (Å²) in [6.45, 7) is 0.0793. The number of amides is 1. The third-order valence-corrected chi connectivity index (χ3v) is 6.60. The Morgan fingerprint density at radius 1 is 1.03 bits per heavy atom. The minimum atomic E-state index is -4.00. The number of nitrogens with two attached hydrogens (primary N) is 1. The number of rotatable bonds is 5. The van der Waals surface area contributed by atoms with E-state index in [0.29, 0.717) is 27.7 Å². The molecule has 10 nitrogen and oxygen atoms in total. The number of aromatic nitrogens is 3. The summed E-state index contributed by atoms with van der Waals surface area (Å²) in [5, 5.41) is 0.795. The molecular weight excluding hydrogens is 518 g/mol. The van der Waals surface area contributed by atoms with Crippen molar-refractivity contribution in [1.82, 2.24) is 18.8 Å². The van der Waals surface area contributed by atoms with Crippen molar-refractivity contribution in [2.24, 2.45) is 0 Å². The van der Waals surface area contributed by atoms with Gasteiger partial charge < -0.3 is 15.3 Å². The van der Waals surface area contributed by atoms with Crippen LogP contribution in [-0.4, -0.2) is 34.7 Å². The highest BCUT2D eigenvalue weighted by molar-refractivity contribution is 7.89. The number of nitrogen functional groups attached to an aromatic ring is 1. The number of hydrogen-bond donors (Lipinski definition) is 3. The first-order valence-corrected chi connectivity index (χ1v) is 13.2. The van der Waals surface area contributed by atoms with Crippen LogP contribution < -0.4 is 21.7 Å². The van der Waals surface area contributed by atoms with Crippen LogP contribution in [0.15, 0.2) is 76.3 Å². The van der Waals surface area contributed by atoms with Gasteiger partial charge in [-0.25, -0.2) is 22.5 Å². The maximum Gasteiger partial charge on any atom is 0.333 e. The van der Waals surface area contributed by atoms with Crippen molar-refractivity contribution in [2.45, 2.75) is 6.54 Å². The van der Waals surface area contributed by atoms with Gasteiger partial charge in [0.1, 0.15) is 5.69 Å². The van der Waals surface area contributed by atoms with Gasteiger partial charge in [-0.3, -0.25) is 9.59 Å². The lowest BCUT2D eigenvalue weighted by molar-refractivity contribution is 0.0973. The first-order valence-electron chi connectivity index (χ1n) is 11.0. The van der Waals surface area contributed by atoms with E-state index in [1.165, 1.54) is 10.6 Å². The number of sulfonamides is 1. The quantitative estimate of drug-likeness (QED) is 0.293. The van der Waals surface area contributed by atoms with E-state index in [2.05, 4.69) is 4.98 Å². The van der Waals surface area contributed by atoms with Gasteiger partial charge in [-0.05, 0) is 48.0 Å². The highest BCUT2D eigenvalue weighted by Gasteiger charge is 2.28. The number of carbonyl (C=O) groups excluding carboxylic acids is 1. The average Bonchev–Trinajstić information content (AvgIpc) is 3.11. The van der Waals surface area contributed by atoms with Gasteiger partial charge >= 0.3 is 5.69 Å². The maximum atomic E-state index is 13.6. The van der Waals surface area contributed by atoms with Crippen molar-refractivity contribution in [3.05, 3.63) is 104 Å². The zero-order valence-corrected chi connectivity index (χ0v) is 20.9. The Kier molecular flexibility index (Phi) is 5.89. The van der Waals surface area contributed by atoms with Gasteiger partial charge in [0.15, 0.2) is 0 Å². The second kappa shape index (κ2) is 8.95. The highest BCUT2D eigenvalue weighted by atomic mass is 35.5. The molecule has 0 fully saturated rings. The zero-order valence-electron chi connectivity index (χ0n) is 19.4. The van der Waals surface area contributed by atoms with E-state index in [4.69, 9.17) is 17.3 Å². The lowest BCUT2D eigenvalue weighted by atomic mass is 10.2. The van der Waals surface area contributed by atoms with Crippen molar-refractivity contribution in [3.8, 4) is 5.69 Å². The Morgan fingerprint density at radius 2 is 1.78 bits per heavy atom. The SMILES string of the molecule is CS(=O)(=O)NC(=O)c1c(-n2c(=O)[nH]c3ccccc3c2=O)c2cc(Cl)ccc2n1Cc1cccc(N)c1. The fraction of sp³-hybridized carbons (Fsp3) is 0.0800. The van der Waals surface area contributed by atoms with Gasteiger partial charge in [0, 0.05) is 22.6 Å². The van der Waals surface area contributed by atoms with E-state index in [1.54, 1.807) is 60.7 Å². The van der Waals surface area contributed by atoms with Gasteiger partial charge in [0.05, 0.1) is 28.4 Å². The fourth-order valence-electron chi connectivity index (χ4n) is 4.39. The predicted molar refractivity (Wildman–Crippen MR) is 143 cm³/mol. The number of halogens is 1. The van der Waals surface area contributed by atoms with Crippen LogP contribution in [0.1, 0.15) is 16.1 Å². The van der Waals surface area contributed by atoms with Gasteiger partial charge in [0.2, 0.25) is 10.0 Å². The molecule has 0 radical (unpaired) electrons. The van der Waals surface area contributed by atoms with Crippen molar-refractivity contribution >= 4 is 55.0 Å². The van der Waals surface area contributed by atoms with Crippen LogP contribution in [0.3, 0.4) is 0 Å². The molecule has 0 bridgehead atoms. The summed E-state index contributed by atoms with van der Waals surface area (Å²) in [6, 6.07) is 18.1. The lowest BCUT2D eigenvalue weighted by Gasteiger charge is -2.13. The van der Waals surface area contributed by atoms with Gasteiger partial charge in [-0.2, -0.15) is 0 Å². The molecule has 1 amide bonds. The van der Waals surface area contributed by atoms with E-state index < -0.39 is 27.2 Å². The molecule has 37 heavy (non-hydrogen) atoms. The predicted octanol–water partition coefficient (Wildman–Crippen LogP) is 2.61. The van der Waals surface area contributed by atoms with Gasteiger partial charge in [-0.15, -0.1) is 0 Å². The number of para-hydroxylation sites is 1. The number of H-pyrrole nitrogens is 1. The molecule has 0 saturated carbocycles. The van der Waals surface area contributed by atoms with Crippen molar-refractivity contribution in [1.29, 1.82) is 0 Å². The number of aromatic amines is 1. The van der Waals surface area contributed by atoms with Crippen LogP contribution in [-0.2, 0) is 16.6 Å². The molecule has 0 saturated heterocycles. The Balaban J connectivity index is 1.93. The molecule has 2 aromatic heterocycles. The van der Waals surface area contributed by atoms with Crippen LogP contribution >= 0.6 is 11.6 Å². The average molecular weight is 538 g/mol. The molecule has 5 rings (SSSR count). The summed E-state index contributed by atoms with van der Waals surface area (Å²) in [4.78, 5) is 43.0. The topological polar surface area (TPSA) is 149 Å². The van der Waals surface area contributed by atoms with E-state index in [9.17, 15) is 22.8 Å². The van der Waals surface area contributed by atoms with Crippen molar-refractivity contribution in [2.75, 3.05) is 12.0 Å². The van der Waals surface area contributed by atoms with E-state index >= 15 is 0 Å². The second-order valence-corrected chi connectivity index (χ2v) is 10.7. The number of anilines is 1. The molecule has 0 aliphatic heterocycles. The van der Waals surface area contributed by atoms with E-state index in [0.717, 1.165) is 10.8 Å². The molecule has 4 N–H and O–H groups in total. The molecule has 0 aliphatic rings. The molecule has 0 unspecified atom stereocenters. The second-order valence-electron chi connectivity index (χ2n) is 8.51. The first kappa shape index (κ1) is 24.3. The smallest absolute Gasteiger partial charge is 0.333 e. The largest absolute Gasteiger partial charge is 0.399 e. The number of fused-ring (bicyclic) bond motifs is 2. The number of carbonyl (C=O) groups is 1. The third kappa shape index (κ3) is 4.50. The Bertz CT molecular complexity index is 1960. The number of nitrogens with zero attached hydrogens (tertiary/aromatic N) is 2. The molecule has 0 spiro atoms. The first-order chi connectivity index (χ1) is 17.5. The van der Waals surface area contributed by atoms with Gasteiger partial charge in [-0.1, -0.05) is 35.9 Å². The molecular formula is C25H20ClN5O5S. The molecule has 5 aromatic rings. The minimum absolute atomic E-state index is 0.0793. The number of hydrogen-bond acceptors (Lipinski definition) is 6. The summed E-state index contributed by atoms with van der Waals surface area (Å²) in [5.74, 6) is -1.02. The molecule has 12 heteroatoms. The lowest BCUT2D eigenvalue weighted by Crippen LogP contribution is -2.37. The summed E-state index contributed by atoms with van der Waals surface area (Å²) in [5.41, 5.74) is 6.09. The van der Waals surface area contributed by atoms with Crippen LogP contribution in [0, 0.1) is 0 Å². The van der Waals surface area contributed by atoms with E-state index in [-0.39, 0.29) is 28.3 Å². The van der Waals surface area contributed by atoms with Gasteiger partial charge in [0.25, 0.3) is 11.5 Å². The molecule has 2 heterocycles. The molecule has 3 aromatic carbocycles. The van der Waals surface area contributed by atoms with Crippen molar-refractivity contribution in [3.63, 3.8) is 0 Å². The molecule has 188 valence electrons. The molecule has 0 atom stereocenters. The van der Waals surface area contributed by atoms with E-state index in [1.807, 2.05) is 4.72 Å². The standard InChI is InChI=1S/C25H20ClN5O5S/c1-37(35,36)29-23(32)22-21(31-24(33)17-7-2-3-8-19(17)28-25(31)34)18-12-15(26)9-10-20(18)30(22)13-14-5-4-6-16(27)11-14/h2-12H,13,27H2,1H3,(H,28,34)(H,29,32). The third-order valence-electron chi connectivity index (χ3n) is 5.81. The monoisotopic (exact) mass is 537 g/mol. The van der Waals surface area contributed by atoms with Crippen LogP contribution in [0.5, 0.6) is 0 Å². The summed E-state index contributed by atoms with van der Waals surface area (Å²) in [6.07, 6.45) is 0.835. The zero-order chi connectivity index (χ0) is 26.5. The fourth-order valence-corrected chi connectivity index (χ4v) is 4.99. The summed E-state index contributed by atoms with van der Waals surface area (Å²) < 4.78 is 28.4. The summed E-state index contributed by atoms with van der Waals surface area (Å²) in [7, 11) is -4.00. The number of nitrogens with one attached hydrogen (secondary N) is 2. The Morgan fingerprint density at radius 3 is 2.51 bits per heavy atom. The van der Waals surface area contributed by atoms with Crippen LogP contribution in [0.4, 0.5) is 5.69 Å². The Hall–Kier alpha value is -4.35. The van der Waals surface area contributed by atoms with Crippen molar-refractivity contribution < 1.29 is 13.2 Å². The normalized spacial score (nSPS) is 11.7. The maximum absolute atomic E-state index is 13.6. The highest BCUT2D eigenvalue weighted by Crippen LogP contribution is 2.32. The summed E-state index contributed by atoms with van der Waals surface area (Å²) >= 11 is 6.29.